The molecule has 0 aromatic heterocycles. The highest BCUT2D eigenvalue weighted by Gasteiger charge is 2.19. The van der Waals surface area contributed by atoms with Crippen molar-refractivity contribution in [3.05, 3.63) is 35.9 Å². The molecule has 16 heavy (non-hydrogen) atoms. The van der Waals surface area contributed by atoms with Crippen molar-refractivity contribution in [2.24, 2.45) is 5.92 Å². The first kappa shape index (κ1) is 11.6. The van der Waals surface area contributed by atoms with E-state index in [1.54, 1.807) is 0 Å². The number of benzene rings is 1. The standard InChI is InChI=1S/C13H20N2O/c1-11(13-7-8-16-15-10-13)14-9-12-5-3-2-4-6-12/h2-6,11,13-15H,7-10H2,1H3. The monoisotopic (exact) mass is 220 g/mol. The Morgan fingerprint density at radius 2 is 2.25 bits per heavy atom. The van der Waals surface area contributed by atoms with Crippen molar-refractivity contribution >= 4 is 0 Å². The van der Waals surface area contributed by atoms with Gasteiger partial charge < -0.3 is 10.2 Å². The zero-order chi connectivity index (χ0) is 11.2. The lowest BCUT2D eigenvalue weighted by molar-refractivity contribution is -0.0163. The maximum atomic E-state index is 5.13. The van der Waals surface area contributed by atoms with Crippen molar-refractivity contribution in [3.8, 4) is 0 Å². The van der Waals surface area contributed by atoms with Gasteiger partial charge in [0, 0.05) is 19.1 Å². The average Bonchev–Trinajstić information content (AvgIpc) is 2.38. The predicted octanol–water partition coefficient (Wildman–Crippen LogP) is 1.71. The molecule has 0 amide bonds. The minimum absolute atomic E-state index is 0.525. The summed E-state index contributed by atoms with van der Waals surface area (Å²) in [5.41, 5.74) is 4.32. The van der Waals surface area contributed by atoms with Gasteiger partial charge in [-0.3, -0.25) is 0 Å². The molecule has 88 valence electrons. The summed E-state index contributed by atoms with van der Waals surface area (Å²) in [7, 11) is 0. The lowest BCUT2D eigenvalue weighted by atomic mass is 9.97. The quantitative estimate of drug-likeness (QED) is 0.810. The largest absolute Gasteiger partial charge is 0.310 e. The number of hydroxylamine groups is 1. The van der Waals surface area contributed by atoms with Crippen LogP contribution in [0.5, 0.6) is 0 Å². The average molecular weight is 220 g/mol. The summed E-state index contributed by atoms with van der Waals surface area (Å²) in [6.45, 7) is 4.96. The summed E-state index contributed by atoms with van der Waals surface area (Å²) in [6.07, 6.45) is 1.13. The molecule has 2 atom stereocenters. The van der Waals surface area contributed by atoms with Gasteiger partial charge in [0.05, 0.1) is 6.61 Å². The maximum absolute atomic E-state index is 5.13. The number of nitrogens with one attached hydrogen (secondary N) is 2. The van der Waals surface area contributed by atoms with Gasteiger partial charge in [-0.1, -0.05) is 30.3 Å². The number of hydrogen-bond donors (Lipinski definition) is 2. The van der Waals surface area contributed by atoms with Crippen LogP contribution in [-0.2, 0) is 11.4 Å². The van der Waals surface area contributed by atoms with Gasteiger partial charge in [0.25, 0.3) is 0 Å². The third-order valence-corrected chi connectivity index (χ3v) is 3.22. The van der Waals surface area contributed by atoms with Crippen LogP contribution in [0.15, 0.2) is 30.3 Å². The fraction of sp³-hybridized carbons (Fsp3) is 0.538. The summed E-state index contributed by atoms with van der Waals surface area (Å²) < 4.78 is 0. The minimum Gasteiger partial charge on any atom is -0.310 e. The number of rotatable bonds is 4. The van der Waals surface area contributed by atoms with Crippen LogP contribution in [0.3, 0.4) is 0 Å². The zero-order valence-electron chi connectivity index (χ0n) is 9.78. The molecular formula is C13H20N2O. The Morgan fingerprint density at radius 3 is 2.94 bits per heavy atom. The van der Waals surface area contributed by atoms with Crippen LogP contribution in [0, 0.1) is 5.92 Å². The third kappa shape index (κ3) is 3.30. The van der Waals surface area contributed by atoms with E-state index in [9.17, 15) is 0 Å². The van der Waals surface area contributed by atoms with Crippen LogP contribution in [0.4, 0.5) is 0 Å². The lowest BCUT2D eigenvalue weighted by Gasteiger charge is -2.28. The van der Waals surface area contributed by atoms with Crippen molar-refractivity contribution in [2.45, 2.75) is 25.9 Å². The SMILES string of the molecule is CC(NCc1ccccc1)C1CCONC1. The van der Waals surface area contributed by atoms with Crippen LogP contribution < -0.4 is 10.8 Å². The first-order chi connectivity index (χ1) is 7.86. The molecule has 3 nitrogen and oxygen atoms in total. The lowest BCUT2D eigenvalue weighted by Crippen LogP contribution is -2.42. The van der Waals surface area contributed by atoms with Crippen LogP contribution in [0.1, 0.15) is 18.9 Å². The molecule has 1 aromatic carbocycles. The molecule has 1 saturated heterocycles. The Morgan fingerprint density at radius 1 is 1.44 bits per heavy atom. The van der Waals surface area contributed by atoms with E-state index in [0.717, 1.165) is 26.1 Å². The van der Waals surface area contributed by atoms with Gasteiger partial charge in [0.15, 0.2) is 0 Å². The van der Waals surface area contributed by atoms with E-state index < -0.39 is 0 Å². The molecule has 0 radical (unpaired) electrons. The highest BCUT2D eigenvalue weighted by molar-refractivity contribution is 5.14. The van der Waals surface area contributed by atoms with E-state index in [4.69, 9.17) is 4.84 Å². The van der Waals surface area contributed by atoms with Gasteiger partial charge in [0.2, 0.25) is 0 Å². The molecular weight excluding hydrogens is 200 g/mol. The molecule has 2 unspecified atom stereocenters. The van der Waals surface area contributed by atoms with Gasteiger partial charge in [-0.05, 0) is 24.8 Å². The molecule has 1 aromatic rings. The normalized spacial score (nSPS) is 22.9. The van der Waals surface area contributed by atoms with Crippen molar-refractivity contribution in [2.75, 3.05) is 13.2 Å². The second-order valence-corrected chi connectivity index (χ2v) is 4.40. The molecule has 2 N–H and O–H groups in total. The Kier molecular flexibility index (Phi) is 4.34. The predicted molar refractivity (Wildman–Crippen MR) is 64.8 cm³/mol. The van der Waals surface area contributed by atoms with Crippen LogP contribution in [-0.4, -0.2) is 19.2 Å². The van der Waals surface area contributed by atoms with Crippen molar-refractivity contribution in [3.63, 3.8) is 0 Å². The molecule has 1 aliphatic rings. The molecule has 1 heterocycles. The number of hydrogen-bond acceptors (Lipinski definition) is 3. The highest BCUT2D eigenvalue weighted by atomic mass is 16.6. The van der Waals surface area contributed by atoms with E-state index in [1.807, 2.05) is 0 Å². The summed E-state index contributed by atoms with van der Waals surface area (Å²) in [5.74, 6) is 0.664. The summed E-state index contributed by atoms with van der Waals surface area (Å²) in [4.78, 5) is 5.13. The first-order valence-electron chi connectivity index (χ1n) is 5.98. The Balaban J connectivity index is 1.76. The van der Waals surface area contributed by atoms with Crippen molar-refractivity contribution in [1.82, 2.24) is 10.8 Å². The molecule has 1 fully saturated rings. The van der Waals surface area contributed by atoms with E-state index in [1.165, 1.54) is 5.56 Å². The Hall–Kier alpha value is -0.900. The summed E-state index contributed by atoms with van der Waals surface area (Å²) >= 11 is 0. The van der Waals surface area contributed by atoms with Crippen LogP contribution in [0.2, 0.25) is 0 Å². The zero-order valence-corrected chi connectivity index (χ0v) is 9.78. The topological polar surface area (TPSA) is 33.3 Å². The van der Waals surface area contributed by atoms with E-state index >= 15 is 0 Å². The molecule has 1 aliphatic heterocycles. The third-order valence-electron chi connectivity index (χ3n) is 3.22. The van der Waals surface area contributed by atoms with Crippen LogP contribution >= 0.6 is 0 Å². The molecule has 0 saturated carbocycles. The Bertz CT molecular complexity index is 296. The smallest absolute Gasteiger partial charge is 0.0685 e. The minimum atomic E-state index is 0.525. The molecule has 2 rings (SSSR count). The fourth-order valence-electron chi connectivity index (χ4n) is 2.02. The first-order valence-corrected chi connectivity index (χ1v) is 5.98. The maximum Gasteiger partial charge on any atom is 0.0685 e. The van der Waals surface area contributed by atoms with Gasteiger partial charge >= 0.3 is 0 Å². The van der Waals surface area contributed by atoms with Gasteiger partial charge in [0.1, 0.15) is 0 Å². The summed E-state index contributed by atoms with van der Waals surface area (Å²) in [6, 6.07) is 11.0. The second kappa shape index (κ2) is 5.99. The van der Waals surface area contributed by atoms with E-state index in [-0.39, 0.29) is 0 Å². The van der Waals surface area contributed by atoms with Crippen molar-refractivity contribution < 1.29 is 4.84 Å². The van der Waals surface area contributed by atoms with E-state index in [0.29, 0.717) is 12.0 Å². The van der Waals surface area contributed by atoms with Crippen LogP contribution in [0.25, 0.3) is 0 Å². The molecule has 3 heteroatoms. The van der Waals surface area contributed by atoms with Gasteiger partial charge in [-0.15, -0.1) is 0 Å². The van der Waals surface area contributed by atoms with Crippen molar-refractivity contribution in [1.29, 1.82) is 0 Å². The molecule has 0 aliphatic carbocycles. The highest BCUT2D eigenvalue weighted by Crippen LogP contribution is 2.12. The van der Waals surface area contributed by atoms with E-state index in [2.05, 4.69) is 48.1 Å². The second-order valence-electron chi connectivity index (χ2n) is 4.40. The van der Waals surface area contributed by atoms with Gasteiger partial charge in [-0.2, -0.15) is 0 Å². The fourth-order valence-corrected chi connectivity index (χ4v) is 2.02. The molecule has 0 spiro atoms. The molecule has 0 bridgehead atoms. The van der Waals surface area contributed by atoms with Gasteiger partial charge in [-0.25, -0.2) is 5.48 Å². The Labute approximate surface area is 97.1 Å². The summed E-state index contributed by atoms with van der Waals surface area (Å²) in [5, 5.41) is 3.57.